The number of hydrogen-bond donors (Lipinski definition) is 4. The number of piperazine rings is 1. The Hall–Kier alpha value is -4.83. The van der Waals surface area contributed by atoms with Crippen LogP contribution in [0.4, 0.5) is 33.6 Å². The van der Waals surface area contributed by atoms with Crippen LogP contribution in [0.25, 0.3) is 0 Å². The first-order chi connectivity index (χ1) is 22.3. The number of aryl methyl sites for hydroxylation is 2. The highest BCUT2D eigenvalue weighted by molar-refractivity contribution is 5.67. The van der Waals surface area contributed by atoms with Gasteiger partial charge in [0.15, 0.2) is 0 Å². The molecule has 0 aliphatic carbocycles. The lowest BCUT2D eigenvalue weighted by Crippen LogP contribution is -2.43. The molecule has 10 heteroatoms. The normalized spacial score (nSPS) is 12.9. The van der Waals surface area contributed by atoms with E-state index in [1.807, 2.05) is 70.2 Å². The number of anilines is 5. The molecule has 1 aliphatic heterocycles. The van der Waals surface area contributed by atoms with E-state index in [0.717, 1.165) is 65.6 Å². The third-order valence-corrected chi connectivity index (χ3v) is 7.70. The van der Waals surface area contributed by atoms with Gasteiger partial charge in [-0.05, 0) is 79.3 Å². The summed E-state index contributed by atoms with van der Waals surface area (Å²) in [4.78, 5) is 23.7. The van der Waals surface area contributed by atoms with E-state index >= 15 is 0 Å². The van der Waals surface area contributed by atoms with Crippen molar-refractivity contribution < 1.29 is 14.3 Å². The number of hydrogen-bond acceptors (Lipinski definition) is 9. The predicted molar refractivity (Wildman–Crippen MR) is 185 cm³/mol. The number of nitrogens with zero attached hydrogens (tertiary/aromatic N) is 3. The van der Waals surface area contributed by atoms with E-state index in [1.54, 1.807) is 6.20 Å². The van der Waals surface area contributed by atoms with Gasteiger partial charge in [-0.1, -0.05) is 44.2 Å². The molecule has 46 heavy (non-hydrogen) atoms. The van der Waals surface area contributed by atoms with Gasteiger partial charge in [0.05, 0.1) is 12.2 Å². The molecule has 1 amide bonds. The standard InChI is InChI=1S/C36H45N7O3/c1-25(2)23-46-36(44)38-17-16-28-8-10-30(11-9-28)40-34-29(24-45-33-26(3)6-5-7-27(33)4)22-39-35(42-34)41-31-12-14-32(15-13-31)43-20-18-37-19-21-43/h5-15,22,25,37H,16-21,23-24H2,1-4H3,(H,38,44)(H2,39,40,41,42). The lowest BCUT2D eigenvalue weighted by atomic mass is 10.1. The summed E-state index contributed by atoms with van der Waals surface area (Å²) in [6, 6.07) is 22.6. The van der Waals surface area contributed by atoms with Crippen LogP contribution in [0.1, 0.15) is 36.1 Å². The molecule has 3 aromatic carbocycles. The van der Waals surface area contributed by atoms with Crippen LogP contribution in [0.3, 0.4) is 0 Å². The highest BCUT2D eigenvalue weighted by Gasteiger charge is 2.13. The van der Waals surface area contributed by atoms with Crippen LogP contribution in [-0.4, -0.2) is 55.4 Å². The zero-order valence-corrected chi connectivity index (χ0v) is 27.2. The summed E-state index contributed by atoms with van der Waals surface area (Å²) < 4.78 is 11.5. The van der Waals surface area contributed by atoms with E-state index < -0.39 is 0 Å². The molecule has 1 aliphatic rings. The van der Waals surface area contributed by atoms with Crippen molar-refractivity contribution in [1.82, 2.24) is 20.6 Å². The maximum absolute atomic E-state index is 11.9. The molecule has 0 unspecified atom stereocenters. The Balaban J connectivity index is 1.27. The van der Waals surface area contributed by atoms with Gasteiger partial charge in [-0.25, -0.2) is 9.78 Å². The molecule has 1 fully saturated rings. The summed E-state index contributed by atoms with van der Waals surface area (Å²) in [5, 5.41) is 13.0. The van der Waals surface area contributed by atoms with E-state index in [-0.39, 0.29) is 6.09 Å². The van der Waals surface area contributed by atoms with Crippen LogP contribution in [0, 0.1) is 19.8 Å². The number of nitrogens with one attached hydrogen (secondary N) is 4. The molecule has 1 aromatic heterocycles. The van der Waals surface area contributed by atoms with Crippen molar-refractivity contribution in [2.45, 2.75) is 40.7 Å². The van der Waals surface area contributed by atoms with Crippen molar-refractivity contribution >= 4 is 34.9 Å². The zero-order chi connectivity index (χ0) is 32.3. The molecule has 1 saturated heterocycles. The molecule has 5 rings (SSSR count). The van der Waals surface area contributed by atoms with Crippen molar-refractivity contribution in [3.63, 3.8) is 0 Å². The Morgan fingerprint density at radius 2 is 1.61 bits per heavy atom. The molecule has 0 atom stereocenters. The van der Waals surface area contributed by atoms with Gasteiger partial charge in [0, 0.05) is 56.0 Å². The summed E-state index contributed by atoms with van der Waals surface area (Å²) in [5.41, 5.74) is 7.09. The second-order valence-electron chi connectivity index (χ2n) is 12.0. The van der Waals surface area contributed by atoms with Gasteiger partial charge in [-0.2, -0.15) is 4.98 Å². The minimum absolute atomic E-state index is 0.306. The van der Waals surface area contributed by atoms with Crippen LogP contribution >= 0.6 is 0 Å². The van der Waals surface area contributed by atoms with E-state index in [9.17, 15) is 4.79 Å². The van der Waals surface area contributed by atoms with Gasteiger partial charge in [0.2, 0.25) is 5.95 Å². The third-order valence-electron chi connectivity index (χ3n) is 7.70. The molecule has 0 radical (unpaired) electrons. The van der Waals surface area contributed by atoms with E-state index in [2.05, 4.69) is 55.4 Å². The second kappa shape index (κ2) is 15.9. The topological polar surface area (TPSA) is 113 Å². The van der Waals surface area contributed by atoms with Crippen LogP contribution in [-0.2, 0) is 17.8 Å². The molecule has 0 bridgehead atoms. The molecule has 242 valence electrons. The summed E-state index contributed by atoms with van der Waals surface area (Å²) in [5.74, 6) is 2.32. The first kappa shape index (κ1) is 32.6. The Bertz CT molecular complexity index is 1550. The molecule has 4 aromatic rings. The largest absolute Gasteiger partial charge is 0.488 e. The summed E-state index contributed by atoms with van der Waals surface area (Å²) >= 11 is 0. The number of carbonyl (C=O) groups is 1. The highest BCUT2D eigenvalue weighted by atomic mass is 16.5. The average Bonchev–Trinajstić information content (AvgIpc) is 3.06. The SMILES string of the molecule is Cc1cccc(C)c1OCc1cnc(Nc2ccc(N3CCNCC3)cc2)nc1Nc1ccc(CCNC(=O)OCC(C)C)cc1. The van der Waals surface area contributed by atoms with Crippen molar-refractivity contribution in [1.29, 1.82) is 0 Å². The molecule has 10 nitrogen and oxygen atoms in total. The Kier molecular flexibility index (Phi) is 11.3. The fourth-order valence-corrected chi connectivity index (χ4v) is 5.16. The maximum atomic E-state index is 11.9. The van der Waals surface area contributed by atoms with Gasteiger partial charge >= 0.3 is 6.09 Å². The number of para-hydroxylation sites is 1. The number of carbonyl (C=O) groups excluding carboxylic acids is 1. The van der Waals surface area contributed by atoms with Crippen LogP contribution in [0.5, 0.6) is 5.75 Å². The minimum Gasteiger partial charge on any atom is -0.488 e. The van der Waals surface area contributed by atoms with Gasteiger partial charge in [-0.15, -0.1) is 0 Å². The highest BCUT2D eigenvalue weighted by Crippen LogP contribution is 2.27. The summed E-state index contributed by atoms with van der Waals surface area (Å²) in [7, 11) is 0. The quantitative estimate of drug-likeness (QED) is 0.133. The van der Waals surface area contributed by atoms with Crippen molar-refractivity contribution in [3.05, 3.63) is 95.2 Å². The number of amides is 1. The van der Waals surface area contributed by atoms with Crippen molar-refractivity contribution in [2.24, 2.45) is 5.92 Å². The van der Waals surface area contributed by atoms with Crippen LogP contribution < -0.4 is 30.9 Å². The summed E-state index contributed by atoms with van der Waals surface area (Å²) in [6.07, 6.45) is 2.12. The fraction of sp³-hybridized carbons (Fsp3) is 0.361. The lowest BCUT2D eigenvalue weighted by molar-refractivity contribution is 0.133. The maximum Gasteiger partial charge on any atom is 0.407 e. The fourth-order valence-electron chi connectivity index (χ4n) is 5.16. The number of rotatable bonds is 13. The molecule has 4 N–H and O–H groups in total. The zero-order valence-electron chi connectivity index (χ0n) is 27.2. The molecule has 0 saturated carbocycles. The van der Waals surface area contributed by atoms with Crippen LogP contribution in [0.15, 0.2) is 72.9 Å². The molecular weight excluding hydrogens is 578 g/mol. The van der Waals surface area contributed by atoms with Crippen LogP contribution in [0.2, 0.25) is 0 Å². The Labute approximate surface area is 271 Å². The summed E-state index contributed by atoms with van der Waals surface area (Å²) in [6.45, 7) is 13.3. The first-order valence-electron chi connectivity index (χ1n) is 16.0. The van der Waals surface area contributed by atoms with E-state index in [0.29, 0.717) is 43.9 Å². The number of benzene rings is 3. The third kappa shape index (κ3) is 9.34. The van der Waals surface area contributed by atoms with Gasteiger partial charge in [0.1, 0.15) is 18.2 Å². The van der Waals surface area contributed by atoms with Crippen molar-refractivity contribution in [2.75, 3.05) is 54.9 Å². The minimum atomic E-state index is -0.383. The molecular formula is C36H45N7O3. The van der Waals surface area contributed by atoms with Gasteiger partial charge in [0.25, 0.3) is 0 Å². The Morgan fingerprint density at radius 1 is 0.935 bits per heavy atom. The van der Waals surface area contributed by atoms with E-state index in [4.69, 9.17) is 14.5 Å². The predicted octanol–water partition coefficient (Wildman–Crippen LogP) is 6.49. The first-order valence-corrected chi connectivity index (χ1v) is 16.0. The number of aromatic nitrogens is 2. The molecule has 0 spiro atoms. The lowest BCUT2D eigenvalue weighted by Gasteiger charge is -2.29. The average molecular weight is 624 g/mol. The van der Waals surface area contributed by atoms with Gasteiger partial charge < -0.3 is 35.6 Å². The number of alkyl carbamates (subject to hydrolysis) is 1. The Morgan fingerprint density at radius 3 is 2.30 bits per heavy atom. The molecule has 2 heterocycles. The smallest absolute Gasteiger partial charge is 0.407 e. The number of ether oxygens (including phenoxy) is 2. The van der Waals surface area contributed by atoms with Gasteiger partial charge in [-0.3, -0.25) is 0 Å². The van der Waals surface area contributed by atoms with E-state index in [1.165, 1.54) is 5.69 Å². The monoisotopic (exact) mass is 623 g/mol. The van der Waals surface area contributed by atoms with Crippen molar-refractivity contribution in [3.8, 4) is 5.75 Å². The second-order valence-corrected chi connectivity index (χ2v) is 12.0.